The molecule has 0 bridgehead atoms. The summed E-state index contributed by atoms with van der Waals surface area (Å²) in [5.41, 5.74) is 9.37. The van der Waals surface area contributed by atoms with Gasteiger partial charge in [-0.2, -0.15) is 4.98 Å². The molecule has 4 nitrogen and oxygen atoms in total. The molecule has 2 atom stereocenters. The van der Waals surface area contributed by atoms with Gasteiger partial charge in [-0.25, -0.2) is 0 Å². The molecule has 0 aliphatic rings. The molecule has 20 heavy (non-hydrogen) atoms. The van der Waals surface area contributed by atoms with Crippen molar-refractivity contribution < 1.29 is 4.52 Å². The van der Waals surface area contributed by atoms with Crippen molar-refractivity contribution in [3.05, 3.63) is 33.6 Å². The largest absolute Gasteiger partial charge is 0.337 e. The highest BCUT2D eigenvalue weighted by atomic mass is 79.9. The molecule has 0 radical (unpaired) electrons. The molecule has 0 aliphatic carbocycles. The van der Waals surface area contributed by atoms with E-state index in [-0.39, 0.29) is 6.04 Å². The Morgan fingerprint density at radius 1 is 1.30 bits per heavy atom. The molecular weight excluding hydrogens is 318 g/mol. The minimum Gasteiger partial charge on any atom is -0.337 e. The Labute approximate surface area is 127 Å². The molecule has 2 rings (SSSR count). The van der Waals surface area contributed by atoms with E-state index in [0.29, 0.717) is 17.6 Å². The van der Waals surface area contributed by atoms with Gasteiger partial charge in [-0.15, -0.1) is 0 Å². The molecule has 0 amide bonds. The monoisotopic (exact) mass is 337 g/mol. The molecule has 2 N–H and O–H groups in total. The summed E-state index contributed by atoms with van der Waals surface area (Å²) in [6, 6.07) is 3.87. The molecule has 0 spiro atoms. The first-order valence-corrected chi connectivity index (χ1v) is 7.59. The molecule has 108 valence electrons. The van der Waals surface area contributed by atoms with E-state index in [9.17, 15) is 0 Å². The smallest absolute Gasteiger partial charge is 0.244 e. The summed E-state index contributed by atoms with van der Waals surface area (Å²) in [5, 5.41) is 4.05. The normalized spacial score (nSPS) is 14.3. The molecule has 1 aromatic heterocycles. The Hall–Kier alpha value is -1.20. The second-order valence-corrected chi connectivity index (χ2v) is 6.08. The SMILES string of the molecule is CC[C@H](C)[C@H](N)c1nc(-c2cc(C)c(Br)c(C)c2)no1. The van der Waals surface area contributed by atoms with E-state index < -0.39 is 0 Å². The molecule has 0 aliphatic heterocycles. The van der Waals surface area contributed by atoms with Crippen LogP contribution in [0.3, 0.4) is 0 Å². The van der Waals surface area contributed by atoms with Crippen LogP contribution in [0.5, 0.6) is 0 Å². The minimum absolute atomic E-state index is 0.209. The summed E-state index contributed by atoms with van der Waals surface area (Å²) in [5.74, 6) is 1.42. The molecular formula is C15H20BrN3O. The van der Waals surface area contributed by atoms with Crippen LogP contribution in [-0.2, 0) is 0 Å². The molecule has 0 saturated heterocycles. The minimum atomic E-state index is -0.209. The van der Waals surface area contributed by atoms with Crippen LogP contribution in [0.1, 0.15) is 43.3 Å². The second-order valence-electron chi connectivity index (χ2n) is 5.29. The third-order valence-electron chi connectivity index (χ3n) is 3.68. The average molecular weight is 338 g/mol. The van der Waals surface area contributed by atoms with Crippen molar-refractivity contribution in [3.8, 4) is 11.4 Å². The zero-order valence-electron chi connectivity index (χ0n) is 12.3. The number of hydrogen-bond acceptors (Lipinski definition) is 4. The van der Waals surface area contributed by atoms with E-state index in [1.807, 2.05) is 26.0 Å². The Balaban J connectivity index is 2.34. The molecule has 5 heteroatoms. The van der Waals surface area contributed by atoms with Gasteiger partial charge >= 0.3 is 0 Å². The second kappa shape index (κ2) is 6.06. The zero-order valence-corrected chi connectivity index (χ0v) is 13.9. The van der Waals surface area contributed by atoms with Gasteiger partial charge in [0.2, 0.25) is 11.7 Å². The van der Waals surface area contributed by atoms with Crippen LogP contribution in [0, 0.1) is 19.8 Å². The van der Waals surface area contributed by atoms with Gasteiger partial charge in [0, 0.05) is 10.0 Å². The number of aromatic nitrogens is 2. The molecule has 0 unspecified atom stereocenters. The lowest BCUT2D eigenvalue weighted by Gasteiger charge is -2.13. The maximum atomic E-state index is 6.12. The van der Waals surface area contributed by atoms with Gasteiger partial charge in [-0.05, 0) is 43.0 Å². The summed E-state index contributed by atoms with van der Waals surface area (Å²) in [6.07, 6.45) is 0.982. The molecule has 2 aromatic rings. The number of rotatable bonds is 4. The first-order valence-electron chi connectivity index (χ1n) is 6.80. The number of halogens is 1. The Morgan fingerprint density at radius 2 is 1.90 bits per heavy atom. The van der Waals surface area contributed by atoms with Gasteiger partial charge in [0.1, 0.15) is 0 Å². The van der Waals surface area contributed by atoms with E-state index in [4.69, 9.17) is 10.3 Å². The van der Waals surface area contributed by atoms with E-state index in [1.165, 1.54) is 0 Å². The maximum absolute atomic E-state index is 6.12. The van der Waals surface area contributed by atoms with Gasteiger partial charge in [-0.3, -0.25) is 0 Å². The number of nitrogens with two attached hydrogens (primary N) is 1. The van der Waals surface area contributed by atoms with Crippen molar-refractivity contribution in [2.75, 3.05) is 0 Å². The fourth-order valence-corrected chi connectivity index (χ4v) is 2.29. The van der Waals surface area contributed by atoms with E-state index in [0.717, 1.165) is 27.6 Å². The van der Waals surface area contributed by atoms with E-state index in [1.54, 1.807) is 0 Å². The fraction of sp³-hybridized carbons (Fsp3) is 0.467. The van der Waals surface area contributed by atoms with Gasteiger partial charge in [0.05, 0.1) is 6.04 Å². The Morgan fingerprint density at radius 3 is 2.45 bits per heavy atom. The Kier molecular flexibility index (Phi) is 4.60. The van der Waals surface area contributed by atoms with Crippen molar-refractivity contribution in [2.45, 2.75) is 40.2 Å². The molecule has 0 fully saturated rings. The van der Waals surface area contributed by atoms with Gasteiger partial charge in [0.25, 0.3) is 0 Å². The summed E-state index contributed by atoms with van der Waals surface area (Å²) in [7, 11) is 0. The predicted octanol–water partition coefficient (Wildman–Crippen LogP) is 4.16. The number of nitrogens with zero attached hydrogens (tertiary/aromatic N) is 2. The van der Waals surface area contributed by atoms with Crippen molar-refractivity contribution in [3.63, 3.8) is 0 Å². The third kappa shape index (κ3) is 2.94. The number of benzene rings is 1. The quantitative estimate of drug-likeness (QED) is 0.909. The topological polar surface area (TPSA) is 64.9 Å². The molecule has 1 aromatic carbocycles. The van der Waals surface area contributed by atoms with Crippen molar-refractivity contribution in [2.24, 2.45) is 11.7 Å². The lowest BCUT2D eigenvalue weighted by atomic mass is 10.0. The van der Waals surface area contributed by atoms with Crippen LogP contribution < -0.4 is 5.73 Å². The van der Waals surface area contributed by atoms with Gasteiger partial charge in [-0.1, -0.05) is 41.4 Å². The third-order valence-corrected chi connectivity index (χ3v) is 4.93. The number of aryl methyl sites for hydroxylation is 2. The standard InChI is InChI=1S/C15H20BrN3O/c1-5-8(2)13(17)15-18-14(19-20-15)11-6-9(3)12(16)10(4)7-11/h6-8,13H,5,17H2,1-4H3/t8-,13-/m0/s1. The van der Waals surface area contributed by atoms with Gasteiger partial charge in [0.15, 0.2) is 0 Å². The average Bonchev–Trinajstić information content (AvgIpc) is 2.92. The highest BCUT2D eigenvalue weighted by Crippen LogP contribution is 2.28. The summed E-state index contributed by atoms with van der Waals surface area (Å²) in [6.45, 7) is 8.28. The molecule has 1 heterocycles. The van der Waals surface area contributed by atoms with Crippen LogP contribution in [0.25, 0.3) is 11.4 Å². The first-order chi connectivity index (χ1) is 9.43. The Bertz CT molecular complexity index is 586. The van der Waals surface area contributed by atoms with Gasteiger partial charge < -0.3 is 10.3 Å². The first kappa shape index (κ1) is 15.2. The van der Waals surface area contributed by atoms with Crippen molar-refractivity contribution >= 4 is 15.9 Å². The summed E-state index contributed by atoms with van der Waals surface area (Å²) in [4.78, 5) is 4.44. The lowest BCUT2D eigenvalue weighted by Crippen LogP contribution is -2.18. The predicted molar refractivity (Wildman–Crippen MR) is 83.3 cm³/mol. The highest BCUT2D eigenvalue weighted by Gasteiger charge is 2.20. The van der Waals surface area contributed by atoms with E-state index in [2.05, 4.69) is 39.9 Å². The van der Waals surface area contributed by atoms with E-state index >= 15 is 0 Å². The van der Waals surface area contributed by atoms with Crippen LogP contribution in [0.2, 0.25) is 0 Å². The summed E-state index contributed by atoms with van der Waals surface area (Å²) >= 11 is 3.56. The van der Waals surface area contributed by atoms with Crippen LogP contribution in [-0.4, -0.2) is 10.1 Å². The summed E-state index contributed by atoms with van der Waals surface area (Å²) < 4.78 is 6.43. The zero-order chi connectivity index (χ0) is 14.9. The van der Waals surface area contributed by atoms with Crippen LogP contribution >= 0.6 is 15.9 Å². The fourth-order valence-electron chi connectivity index (χ4n) is 2.06. The van der Waals surface area contributed by atoms with Crippen molar-refractivity contribution in [1.29, 1.82) is 0 Å². The number of hydrogen-bond donors (Lipinski definition) is 1. The lowest BCUT2D eigenvalue weighted by molar-refractivity contribution is 0.312. The van der Waals surface area contributed by atoms with Crippen LogP contribution in [0.15, 0.2) is 21.1 Å². The molecule has 0 saturated carbocycles. The highest BCUT2D eigenvalue weighted by molar-refractivity contribution is 9.10. The van der Waals surface area contributed by atoms with Crippen LogP contribution in [0.4, 0.5) is 0 Å². The maximum Gasteiger partial charge on any atom is 0.244 e. The van der Waals surface area contributed by atoms with Crippen molar-refractivity contribution in [1.82, 2.24) is 10.1 Å².